The number of hydrogen-bond donors (Lipinski definition) is 0. The summed E-state index contributed by atoms with van der Waals surface area (Å²) in [6.07, 6.45) is 8.09. The van der Waals surface area contributed by atoms with Crippen LogP contribution in [-0.4, -0.2) is 29.6 Å². The Balaban J connectivity index is 1.51. The van der Waals surface area contributed by atoms with E-state index in [0.717, 1.165) is 12.1 Å². The smallest absolute Gasteiger partial charge is 0.108 e. The van der Waals surface area contributed by atoms with Crippen LogP contribution in [0, 0.1) is 0 Å². The van der Waals surface area contributed by atoms with Gasteiger partial charge in [0.2, 0.25) is 0 Å². The summed E-state index contributed by atoms with van der Waals surface area (Å²) in [4.78, 5) is 2.79. The molecular formula is C27H37NO. The zero-order chi connectivity index (χ0) is 20.2. The Morgan fingerprint density at radius 2 is 1.45 bits per heavy atom. The third kappa shape index (κ3) is 4.75. The highest BCUT2D eigenvalue weighted by Gasteiger charge is 2.41. The lowest BCUT2D eigenvalue weighted by Gasteiger charge is -2.40. The number of rotatable bonds is 8. The number of fused-ring (bicyclic) bond motifs is 2. The van der Waals surface area contributed by atoms with E-state index in [1.54, 1.807) is 0 Å². The first-order chi connectivity index (χ1) is 14.2. The van der Waals surface area contributed by atoms with Crippen LogP contribution in [0.5, 0.6) is 0 Å². The van der Waals surface area contributed by atoms with Gasteiger partial charge in [0.25, 0.3) is 0 Å². The van der Waals surface area contributed by atoms with Gasteiger partial charge in [0.1, 0.15) is 6.10 Å². The van der Waals surface area contributed by atoms with Crippen molar-refractivity contribution in [2.75, 3.05) is 6.54 Å². The average molecular weight is 392 g/mol. The fourth-order valence-corrected chi connectivity index (χ4v) is 5.27. The fourth-order valence-electron chi connectivity index (χ4n) is 5.27. The molecule has 2 heteroatoms. The van der Waals surface area contributed by atoms with Crippen LogP contribution in [0.25, 0.3) is 0 Å². The summed E-state index contributed by atoms with van der Waals surface area (Å²) >= 11 is 0. The van der Waals surface area contributed by atoms with E-state index in [-0.39, 0.29) is 6.10 Å². The maximum Gasteiger partial charge on any atom is 0.108 e. The molecule has 2 bridgehead atoms. The molecular weight excluding hydrogens is 354 g/mol. The predicted molar refractivity (Wildman–Crippen MR) is 121 cm³/mol. The predicted octanol–water partition coefficient (Wildman–Crippen LogP) is 6.71. The average Bonchev–Trinajstić information content (AvgIpc) is 2.99. The van der Waals surface area contributed by atoms with Gasteiger partial charge in [-0.2, -0.15) is 0 Å². The van der Waals surface area contributed by atoms with Gasteiger partial charge >= 0.3 is 0 Å². The van der Waals surface area contributed by atoms with E-state index >= 15 is 0 Å². The molecule has 2 aromatic rings. The molecule has 2 nitrogen and oxygen atoms in total. The zero-order valence-electron chi connectivity index (χ0n) is 18.4. The number of ether oxygens (including phenoxy) is 1. The molecule has 4 atom stereocenters. The molecule has 0 N–H and O–H groups in total. The molecule has 2 heterocycles. The standard InChI is InChI=1S/C27H37NO/c1-4-5-17-28-24-15-16-25(28)19-26(18-24)29-27(22-9-7-6-8-10-22)23-13-11-21(12-14-23)20(2)3/h6-14,20,24-27H,4-5,15-19H2,1-3H3/t24-,25+,26?,27?. The van der Waals surface area contributed by atoms with E-state index < -0.39 is 0 Å². The van der Waals surface area contributed by atoms with Crippen LogP contribution in [0.1, 0.15) is 88.0 Å². The van der Waals surface area contributed by atoms with Crippen molar-refractivity contribution in [1.82, 2.24) is 4.90 Å². The monoisotopic (exact) mass is 391 g/mol. The first kappa shape index (κ1) is 20.6. The lowest BCUT2D eigenvalue weighted by atomic mass is 9.95. The molecule has 156 valence electrons. The lowest BCUT2D eigenvalue weighted by Crippen LogP contribution is -2.46. The molecule has 2 aliphatic rings. The van der Waals surface area contributed by atoms with Crippen LogP contribution >= 0.6 is 0 Å². The van der Waals surface area contributed by atoms with Crippen LogP contribution in [0.15, 0.2) is 54.6 Å². The number of nitrogens with zero attached hydrogens (tertiary/aromatic N) is 1. The molecule has 0 aliphatic carbocycles. The van der Waals surface area contributed by atoms with Crippen LogP contribution in [0.3, 0.4) is 0 Å². The Kier molecular flexibility index (Phi) is 6.72. The number of hydrogen-bond acceptors (Lipinski definition) is 2. The minimum atomic E-state index is 0.0315. The first-order valence-corrected chi connectivity index (χ1v) is 11.7. The van der Waals surface area contributed by atoms with Crippen LogP contribution in [-0.2, 0) is 4.74 Å². The van der Waals surface area contributed by atoms with Gasteiger partial charge in [-0.1, -0.05) is 81.8 Å². The highest BCUT2D eigenvalue weighted by molar-refractivity contribution is 5.33. The van der Waals surface area contributed by atoms with Crippen molar-refractivity contribution in [2.45, 2.75) is 89.5 Å². The van der Waals surface area contributed by atoms with Crippen molar-refractivity contribution in [3.63, 3.8) is 0 Å². The van der Waals surface area contributed by atoms with Crippen molar-refractivity contribution < 1.29 is 4.74 Å². The third-order valence-corrected chi connectivity index (χ3v) is 6.95. The van der Waals surface area contributed by atoms with E-state index in [1.165, 1.54) is 61.8 Å². The van der Waals surface area contributed by atoms with Crippen molar-refractivity contribution in [3.8, 4) is 0 Å². The molecule has 4 rings (SSSR count). The molecule has 2 fully saturated rings. The van der Waals surface area contributed by atoms with Gasteiger partial charge in [-0.3, -0.25) is 4.90 Å². The second-order valence-corrected chi connectivity index (χ2v) is 9.32. The van der Waals surface area contributed by atoms with E-state index in [9.17, 15) is 0 Å². The van der Waals surface area contributed by atoms with Crippen LogP contribution < -0.4 is 0 Å². The molecule has 2 aromatic carbocycles. The summed E-state index contributed by atoms with van der Waals surface area (Å²) in [7, 11) is 0. The van der Waals surface area contributed by atoms with Crippen LogP contribution in [0.2, 0.25) is 0 Å². The van der Waals surface area contributed by atoms with Gasteiger partial charge in [-0.15, -0.1) is 0 Å². The maximum absolute atomic E-state index is 6.87. The first-order valence-electron chi connectivity index (χ1n) is 11.7. The highest BCUT2D eigenvalue weighted by atomic mass is 16.5. The summed E-state index contributed by atoms with van der Waals surface area (Å²) in [5.74, 6) is 0.559. The number of benzene rings is 2. The Hall–Kier alpha value is -1.64. The minimum Gasteiger partial charge on any atom is -0.365 e. The molecule has 29 heavy (non-hydrogen) atoms. The van der Waals surface area contributed by atoms with Crippen LogP contribution in [0.4, 0.5) is 0 Å². The van der Waals surface area contributed by atoms with E-state index in [2.05, 4.69) is 80.3 Å². The second kappa shape index (κ2) is 9.45. The molecule has 2 unspecified atom stereocenters. The summed E-state index contributed by atoms with van der Waals surface area (Å²) < 4.78 is 6.87. The van der Waals surface area contributed by atoms with Crippen molar-refractivity contribution in [3.05, 3.63) is 71.3 Å². The summed E-state index contributed by atoms with van der Waals surface area (Å²) in [6.45, 7) is 8.08. The van der Waals surface area contributed by atoms with Gasteiger partial charge in [-0.25, -0.2) is 0 Å². The number of piperidine rings is 1. The highest BCUT2D eigenvalue weighted by Crippen LogP contribution is 2.40. The van der Waals surface area contributed by atoms with E-state index in [1.807, 2.05) is 0 Å². The van der Waals surface area contributed by atoms with Gasteiger partial charge in [0.05, 0.1) is 6.10 Å². The normalized spacial score (nSPS) is 25.4. The van der Waals surface area contributed by atoms with Crippen molar-refractivity contribution >= 4 is 0 Å². The van der Waals surface area contributed by atoms with Crippen molar-refractivity contribution in [1.29, 1.82) is 0 Å². The van der Waals surface area contributed by atoms with Crippen molar-refractivity contribution in [2.24, 2.45) is 0 Å². The van der Waals surface area contributed by atoms with Gasteiger partial charge in [0.15, 0.2) is 0 Å². The molecule has 0 spiro atoms. The van der Waals surface area contributed by atoms with Gasteiger partial charge in [-0.05, 0) is 61.3 Å². The Labute approximate surface area is 177 Å². The minimum absolute atomic E-state index is 0.0315. The third-order valence-electron chi connectivity index (χ3n) is 6.95. The Morgan fingerprint density at radius 3 is 2.03 bits per heavy atom. The molecule has 2 aliphatic heterocycles. The molecule has 2 saturated heterocycles. The summed E-state index contributed by atoms with van der Waals surface area (Å²) in [5.41, 5.74) is 3.94. The van der Waals surface area contributed by atoms with Gasteiger partial charge < -0.3 is 4.74 Å². The fraction of sp³-hybridized carbons (Fsp3) is 0.556. The summed E-state index contributed by atoms with van der Waals surface area (Å²) in [6, 6.07) is 21.3. The molecule has 0 aromatic heterocycles. The zero-order valence-corrected chi connectivity index (χ0v) is 18.4. The quantitative estimate of drug-likeness (QED) is 0.496. The Morgan fingerprint density at radius 1 is 0.862 bits per heavy atom. The summed E-state index contributed by atoms with van der Waals surface area (Å²) in [5, 5.41) is 0. The van der Waals surface area contributed by atoms with Gasteiger partial charge in [0, 0.05) is 12.1 Å². The molecule has 0 amide bonds. The molecule has 0 saturated carbocycles. The molecule has 0 radical (unpaired) electrons. The maximum atomic E-state index is 6.87. The second-order valence-electron chi connectivity index (χ2n) is 9.32. The lowest BCUT2D eigenvalue weighted by molar-refractivity contribution is -0.0483. The topological polar surface area (TPSA) is 12.5 Å². The largest absolute Gasteiger partial charge is 0.365 e. The van der Waals surface area contributed by atoms with E-state index in [0.29, 0.717) is 12.0 Å². The number of unbranched alkanes of at least 4 members (excludes halogenated alkanes) is 1. The van der Waals surface area contributed by atoms with E-state index in [4.69, 9.17) is 4.74 Å². The Bertz CT molecular complexity index is 740. The SMILES string of the molecule is CCCCN1[C@@H]2CC[C@H]1CC(OC(c1ccccc1)c1ccc(C(C)C)cc1)C2.